The lowest BCUT2D eigenvalue weighted by Gasteiger charge is -2.34. The molecule has 0 spiro atoms. The van der Waals surface area contributed by atoms with Gasteiger partial charge in [-0.3, -0.25) is 19.8 Å². The molecule has 1 aliphatic rings. The van der Waals surface area contributed by atoms with Crippen LogP contribution in [-0.4, -0.2) is 53.4 Å². The van der Waals surface area contributed by atoms with E-state index in [-0.39, 0.29) is 17.4 Å². The van der Waals surface area contributed by atoms with Gasteiger partial charge in [0.25, 0.3) is 5.69 Å². The topological polar surface area (TPSA) is 78.7 Å². The number of nitro benzene ring substituents is 1. The lowest BCUT2D eigenvalue weighted by atomic mass is 10.1. The Bertz CT molecular complexity index is 912. The maximum absolute atomic E-state index is 14.0. The Morgan fingerprint density at radius 2 is 1.83 bits per heavy atom. The molecule has 2 aromatic rings. The average Bonchev–Trinajstić information content (AvgIpc) is 2.71. The van der Waals surface area contributed by atoms with E-state index in [1.807, 2.05) is 0 Å². The Balaban J connectivity index is 1.45. The fraction of sp³-hybridized carbons (Fsp3) is 0.381. The first kappa shape index (κ1) is 22.1. The highest BCUT2D eigenvalue weighted by atomic mass is 35.5. The molecule has 1 N–H and O–H groups in total. The van der Waals surface area contributed by atoms with E-state index < -0.39 is 4.92 Å². The number of nitrogens with one attached hydrogen (secondary N) is 1. The van der Waals surface area contributed by atoms with E-state index in [2.05, 4.69) is 15.1 Å². The van der Waals surface area contributed by atoms with E-state index in [0.29, 0.717) is 41.3 Å². The number of halogens is 2. The molecule has 0 unspecified atom stereocenters. The first-order valence-electron chi connectivity index (χ1n) is 9.76. The fourth-order valence-electron chi connectivity index (χ4n) is 3.51. The Morgan fingerprint density at radius 1 is 1.17 bits per heavy atom. The normalized spacial score (nSPS) is 15.2. The summed E-state index contributed by atoms with van der Waals surface area (Å²) in [5.41, 5.74) is 1.40. The molecule has 160 valence electrons. The van der Waals surface area contributed by atoms with Crippen LogP contribution in [0.15, 0.2) is 36.4 Å². The average molecular weight is 435 g/mol. The molecule has 1 fully saturated rings. The second-order valence-electron chi connectivity index (χ2n) is 7.32. The van der Waals surface area contributed by atoms with E-state index >= 15 is 0 Å². The van der Waals surface area contributed by atoms with Gasteiger partial charge in [0.1, 0.15) is 5.82 Å². The summed E-state index contributed by atoms with van der Waals surface area (Å²) in [5, 5.41) is 14.2. The number of anilines is 1. The van der Waals surface area contributed by atoms with Crippen molar-refractivity contribution in [3.63, 3.8) is 0 Å². The summed E-state index contributed by atoms with van der Waals surface area (Å²) < 4.78 is 14.0. The fourth-order valence-corrected chi connectivity index (χ4v) is 3.73. The van der Waals surface area contributed by atoms with Crippen LogP contribution in [0.3, 0.4) is 0 Å². The minimum Gasteiger partial charge on any atom is -0.326 e. The monoisotopic (exact) mass is 434 g/mol. The van der Waals surface area contributed by atoms with Gasteiger partial charge in [0.2, 0.25) is 5.91 Å². The van der Waals surface area contributed by atoms with Crippen molar-refractivity contribution in [3.8, 4) is 0 Å². The van der Waals surface area contributed by atoms with Crippen molar-refractivity contribution in [2.24, 2.45) is 0 Å². The van der Waals surface area contributed by atoms with Gasteiger partial charge in [-0.2, -0.15) is 0 Å². The van der Waals surface area contributed by atoms with Gasteiger partial charge >= 0.3 is 0 Å². The maximum Gasteiger partial charge on any atom is 0.274 e. The standard InChI is InChI=1S/C21H24ClFN4O3/c1-15-19(6-3-7-20(15)27(29)30)24-21(28)8-9-25-10-12-26(13-11-25)14-16-17(22)4-2-5-18(16)23/h2-7H,8-14H2,1H3,(H,24,28). The quantitative estimate of drug-likeness (QED) is 0.529. The highest BCUT2D eigenvalue weighted by Crippen LogP contribution is 2.25. The van der Waals surface area contributed by atoms with Crippen LogP contribution in [0.5, 0.6) is 0 Å². The van der Waals surface area contributed by atoms with Crippen molar-refractivity contribution in [1.82, 2.24) is 9.80 Å². The molecule has 0 saturated carbocycles. The Kier molecular flexibility index (Phi) is 7.36. The second-order valence-corrected chi connectivity index (χ2v) is 7.73. The van der Waals surface area contributed by atoms with Crippen molar-refractivity contribution >= 4 is 28.9 Å². The molecule has 0 atom stereocenters. The maximum atomic E-state index is 14.0. The predicted octanol–water partition coefficient (Wildman–Crippen LogP) is 3.84. The third-order valence-electron chi connectivity index (χ3n) is 5.34. The minimum atomic E-state index is -0.459. The van der Waals surface area contributed by atoms with E-state index in [1.165, 1.54) is 12.1 Å². The SMILES string of the molecule is Cc1c(NC(=O)CCN2CCN(Cc3c(F)cccc3Cl)CC2)cccc1[N+](=O)[O-]. The van der Waals surface area contributed by atoms with Gasteiger partial charge in [0, 0.05) is 62.3 Å². The highest BCUT2D eigenvalue weighted by Gasteiger charge is 2.20. The molecule has 9 heteroatoms. The summed E-state index contributed by atoms with van der Waals surface area (Å²) in [6.45, 7) is 5.74. The number of hydrogen-bond acceptors (Lipinski definition) is 5. The zero-order chi connectivity index (χ0) is 21.7. The Labute approximate surface area is 179 Å². The van der Waals surface area contributed by atoms with Crippen molar-refractivity contribution in [1.29, 1.82) is 0 Å². The molecule has 7 nitrogen and oxygen atoms in total. The molecular formula is C21H24ClFN4O3. The van der Waals surface area contributed by atoms with Crippen LogP contribution in [0.25, 0.3) is 0 Å². The van der Waals surface area contributed by atoms with Crippen LogP contribution in [-0.2, 0) is 11.3 Å². The molecule has 0 aliphatic carbocycles. The van der Waals surface area contributed by atoms with Gasteiger partial charge in [-0.1, -0.05) is 23.7 Å². The molecule has 0 aromatic heterocycles. The van der Waals surface area contributed by atoms with Gasteiger partial charge < -0.3 is 10.2 Å². The van der Waals surface area contributed by atoms with Crippen LogP contribution < -0.4 is 5.32 Å². The van der Waals surface area contributed by atoms with Crippen LogP contribution >= 0.6 is 11.6 Å². The number of nitro groups is 1. The molecular weight excluding hydrogens is 411 g/mol. The van der Waals surface area contributed by atoms with Gasteiger partial charge in [-0.25, -0.2) is 4.39 Å². The minimum absolute atomic E-state index is 0.0149. The van der Waals surface area contributed by atoms with E-state index in [9.17, 15) is 19.3 Å². The van der Waals surface area contributed by atoms with E-state index in [4.69, 9.17) is 11.6 Å². The van der Waals surface area contributed by atoms with Gasteiger partial charge in [0.05, 0.1) is 16.2 Å². The van der Waals surface area contributed by atoms with Crippen molar-refractivity contribution < 1.29 is 14.1 Å². The van der Waals surface area contributed by atoms with Crippen LogP contribution in [0.2, 0.25) is 5.02 Å². The summed E-state index contributed by atoms with van der Waals surface area (Å²) in [7, 11) is 0. The number of benzene rings is 2. The second kappa shape index (κ2) is 9.97. The van der Waals surface area contributed by atoms with Crippen LogP contribution in [0.4, 0.5) is 15.8 Å². The summed E-state index contributed by atoms with van der Waals surface area (Å²) >= 11 is 6.11. The summed E-state index contributed by atoms with van der Waals surface area (Å²) in [5.74, 6) is -0.475. The first-order chi connectivity index (χ1) is 14.3. The lowest BCUT2D eigenvalue weighted by Crippen LogP contribution is -2.46. The summed E-state index contributed by atoms with van der Waals surface area (Å²) in [4.78, 5) is 27.2. The van der Waals surface area contributed by atoms with Gasteiger partial charge in [-0.15, -0.1) is 0 Å². The predicted molar refractivity (Wildman–Crippen MR) is 114 cm³/mol. The van der Waals surface area contributed by atoms with Gasteiger partial charge in [-0.05, 0) is 25.1 Å². The zero-order valence-corrected chi connectivity index (χ0v) is 17.5. The summed E-state index contributed by atoms with van der Waals surface area (Å²) in [6, 6.07) is 9.34. The molecule has 30 heavy (non-hydrogen) atoms. The molecule has 3 rings (SSSR count). The third kappa shape index (κ3) is 5.53. The number of rotatable bonds is 7. The number of hydrogen-bond donors (Lipinski definition) is 1. The summed E-state index contributed by atoms with van der Waals surface area (Å²) in [6.07, 6.45) is 0.293. The first-order valence-corrected chi connectivity index (χ1v) is 10.1. The molecule has 2 aromatic carbocycles. The van der Waals surface area contributed by atoms with E-state index in [1.54, 1.807) is 31.2 Å². The molecule has 1 heterocycles. The van der Waals surface area contributed by atoms with Crippen molar-refractivity contribution in [3.05, 3.63) is 68.5 Å². The van der Waals surface area contributed by atoms with Crippen molar-refractivity contribution in [2.75, 3.05) is 38.0 Å². The largest absolute Gasteiger partial charge is 0.326 e. The molecule has 0 bridgehead atoms. The number of piperazine rings is 1. The Hall–Kier alpha value is -2.55. The smallest absolute Gasteiger partial charge is 0.274 e. The molecule has 1 aliphatic heterocycles. The number of nitrogens with zero attached hydrogens (tertiary/aromatic N) is 3. The third-order valence-corrected chi connectivity index (χ3v) is 5.69. The molecule has 0 radical (unpaired) electrons. The highest BCUT2D eigenvalue weighted by molar-refractivity contribution is 6.31. The lowest BCUT2D eigenvalue weighted by molar-refractivity contribution is -0.385. The number of carbonyl (C=O) groups excluding carboxylic acids is 1. The zero-order valence-electron chi connectivity index (χ0n) is 16.7. The van der Waals surface area contributed by atoms with Crippen LogP contribution in [0.1, 0.15) is 17.5 Å². The van der Waals surface area contributed by atoms with Crippen molar-refractivity contribution in [2.45, 2.75) is 19.9 Å². The number of amides is 1. The van der Waals surface area contributed by atoms with Gasteiger partial charge in [0.15, 0.2) is 0 Å². The van der Waals surface area contributed by atoms with E-state index in [0.717, 1.165) is 26.2 Å². The molecule has 1 amide bonds. The molecule has 1 saturated heterocycles. The number of carbonyl (C=O) groups is 1. The van der Waals surface area contributed by atoms with Crippen LogP contribution in [0, 0.1) is 22.9 Å². The Morgan fingerprint density at radius 3 is 2.50 bits per heavy atom.